The monoisotopic (exact) mass is 321 g/mol. The second kappa shape index (κ2) is 6.64. The van der Waals surface area contributed by atoms with E-state index in [9.17, 15) is 14.0 Å². The quantitative estimate of drug-likeness (QED) is 0.839. The first-order chi connectivity index (χ1) is 11.1. The number of carbonyl (C=O) groups excluding carboxylic acids is 2. The van der Waals surface area contributed by atoms with Crippen LogP contribution in [-0.4, -0.2) is 49.7 Å². The van der Waals surface area contributed by atoms with Gasteiger partial charge in [-0.2, -0.15) is 0 Å². The van der Waals surface area contributed by atoms with E-state index in [-0.39, 0.29) is 17.6 Å². The van der Waals surface area contributed by atoms with E-state index < -0.39 is 5.92 Å². The van der Waals surface area contributed by atoms with E-state index in [2.05, 4.69) is 5.43 Å². The third kappa shape index (κ3) is 3.35. The zero-order valence-electron chi connectivity index (χ0n) is 13.0. The van der Waals surface area contributed by atoms with E-state index in [1.807, 2.05) is 0 Å². The van der Waals surface area contributed by atoms with Crippen LogP contribution in [0.1, 0.15) is 12.0 Å². The summed E-state index contributed by atoms with van der Waals surface area (Å²) in [5, 5.41) is 1.78. The molecule has 1 unspecified atom stereocenters. The van der Waals surface area contributed by atoms with Gasteiger partial charge in [-0.3, -0.25) is 15.0 Å². The van der Waals surface area contributed by atoms with E-state index in [4.69, 9.17) is 4.74 Å². The maximum Gasteiger partial charge on any atom is 0.246 e. The maximum atomic E-state index is 13.4. The topological polar surface area (TPSA) is 61.9 Å². The average Bonchev–Trinajstić information content (AvgIpc) is 2.93. The van der Waals surface area contributed by atoms with Gasteiger partial charge in [0.2, 0.25) is 11.8 Å². The number of hydrazine groups is 1. The number of aryl methyl sites for hydroxylation is 1. The highest BCUT2D eigenvalue weighted by atomic mass is 19.1. The number of halogens is 1. The highest BCUT2D eigenvalue weighted by Crippen LogP contribution is 2.27. The molecule has 7 heteroatoms. The van der Waals surface area contributed by atoms with Gasteiger partial charge in [-0.05, 0) is 37.1 Å². The number of rotatable bonds is 3. The highest BCUT2D eigenvalue weighted by molar-refractivity contribution is 6.09. The van der Waals surface area contributed by atoms with E-state index >= 15 is 0 Å². The molecule has 23 heavy (non-hydrogen) atoms. The normalized spacial score (nSPS) is 22.4. The van der Waals surface area contributed by atoms with Crippen molar-refractivity contribution in [3.05, 3.63) is 29.6 Å². The number of hydrogen-bond acceptors (Lipinski definition) is 4. The number of nitrogens with zero attached hydrogens (tertiary/aromatic N) is 2. The Kier molecular flexibility index (Phi) is 4.58. The number of nitrogens with one attached hydrogen (secondary N) is 1. The average molecular weight is 321 g/mol. The molecule has 1 N–H and O–H groups in total. The van der Waals surface area contributed by atoms with E-state index in [0.29, 0.717) is 50.5 Å². The molecule has 0 bridgehead atoms. The largest absolute Gasteiger partial charge is 0.379 e. The van der Waals surface area contributed by atoms with E-state index in [0.717, 1.165) is 0 Å². The summed E-state index contributed by atoms with van der Waals surface area (Å²) in [4.78, 5) is 26.4. The molecule has 2 aliphatic heterocycles. The molecule has 0 saturated carbocycles. The van der Waals surface area contributed by atoms with Crippen molar-refractivity contribution in [2.45, 2.75) is 13.3 Å². The summed E-state index contributed by atoms with van der Waals surface area (Å²) in [5.74, 6) is -1.51. The molecular formula is C16H20FN3O3. The van der Waals surface area contributed by atoms with Gasteiger partial charge < -0.3 is 9.64 Å². The van der Waals surface area contributed by atoms with Gasteiger partial charge >= 0.3 is 0 Å². The van der Waals surface area contributed by atoms with Crippen LogP contribution < -0.4 is 10.3 Å². The van der Waals surface area contributed by atoms with Crippen LogP contribution in [0.2, 0.25) is 0 Å². The van der Waals surface area contributed by atoms with Crippen LogP contribution in [0.3, 0.4) is 0 Å². The third-order valence-corrected chi connectivity index (χ3v) is 4.25. The van der Waals surface area contributed by atoms with E-state index in [1.165, 1.54) is 6.07 Å². The molecule has 124 valence electrons. The molecule has 0 aliphatic carbocycles. The zero-order valence-corrected chi connectivity index (χ0v) is 13.0. The number of morpholine rings is 1. The summed E-state index contributed by atoms with van der Waals surface area (Å²) in [5.41, 5.74) is 3.91. The second-order valence-electron chi connectivity index (χ2n) is 5.84. The lowest BCUT2D eigenvalue weighted by molar-refractivity contribution is -0.137. The Morgan fingerprint density at radius 1 is 1.30 bits per heavy atom. The van der Waals surface area contributed by atoms with Crippen molar-refractivity contribution in [1.29, 1.82) is 0 Å². The minimum atomic E-state index is -0.691. The number of ether oxygens (including phenoxy) is 1. The van der Waals surface area contributed by atoms with Gasteiger partial charge in [0.05, 0.1) is 13.2 Å². The van der Waals surface area contributed by atoms with Gasteiger partial charge in [-0.15, -0.1) is 0 Å². The predicted molar refractivity (Wildman–Crippen MR) is 82.1 cm³/mol. The Morgan fingerprint density at radius 3 is 2.74 bits per heavy atom. The first-order valence-electron chi connectivity index (χ1n) is 7.77. The van der Waals surface area contributed by atoms with Crippen LogP contribution in [0.25, 0.3) is 0 Å². The molecule has 6 nitrogen and oxygen atoms in total. The Morgan fingerprint density at radius 2 is 2.04 bits per heavy atom. The highest BCUT2D eigenvalue weighted by Gasteiger charge is 2.38. The Balaban J connectivity index is 1.65. The summed E-state index contributed by atoms with van der Waals surface area (Å²) in [7, 11) is 0. The SMILES string of the molecule is Cc1cc(N2CCC(C(=O)NN3CCOCC3)C2=O)ccc1F. The molecule has 2 amide bonds. The number of carbonyl (C=O) groups is 2. The fourth-order valence-corrected chi connectivity index (χ4v) is 2.89. The molecule has 2 aliphatic rings. The van der Waals surface area contributed by atoms with Gasteiger partial charge in [0.15, 0.2) is 0 Å². The Labute approximate surface area is 134 Å². The Hall–Kier alpha value is -1.99. The molecule has 2 heterocycles. The van der Waals surface area contributed by atoms with Crippen LogP contribution >= 0.6 is 0 Å². The van der Waals surface area contributed by atoms with Crippen molar-refractivity contribution in [1.82, 2.24) is 10.4 Å². The van der Waals surface area contributed by atoms with Crippen molar-refractivity contribution in [2.75, 3.05) is 37.7 Å². The second-order valence-corrected chi connectivity index (χ2v) is 5.84. The molecule has 1 aromatic rings. The van der Waals surface area contributed by atoms with Crippen molar-refractivity contribution in [2.24, 2.45) is 5.92 Å². The first-order valence-corrected chi connectivity index (χ1v) is 7.77. The van der Waals surface area contributed by atoms with Gasteiger partial charge in [-0.1, -0.05) is 0 Å². The van der Waals surface area contributed by atoms with Gasteiger partial charge in [0.1, 0.15) is 11.7 Å². The van der Waals surface area contributed by atoms with Gasteiger partial charge in [0, 0.05) is 25.3 Å². The smallest absolute Gasteiger partial charge is 0.246 e. The first kappa shape index (κ1) is 15.9. The number of hydrogen-bond donors (Lipinski definition) is 1. The Bertz CT molecular complexity index is 617. The van der Waals surface area contributed by atoms with Crippen molar-refractivity contribution >= 4 is 17.5 Å². The molecule has 1 atom stereocenters. The van der Waals surface area contributed by atoms with Crippen molar-refractivity contribution in [3.8, 4) is 0 Å². The fourth-order valence-electron chi connectivity index (χ4n) is 2.89. The molecule has 2 fully saturated rings. The zero-order chi connectivity index (χ0) is 16.4. The van der Waals surface area contributed by atoms with E-state index in [1.54, 1.807) is 29.0 Å². The van der Waals surface area contributed by atoms with Crippen molar-refractivity contribution < 1.29 is 18.7 Å². The minimum absolute atomic E-state index is 0.234. The summed E-state index contributed by atoms with van der Waals surface area (Å²) in [6, 6.07) is 4.55. The number of benzene rings is 1. The number of anilines is 1. The maximum absolute atomic E-state index is 13.4. The molecule has 0 aromatic heterocycles. The summed E-state index contributed by atoms with van der Waals surface area (Å²) < 4.78 is 18.6. The fraction of sp³-hybridized carbons (Fsp3) is 0.500. The lowest BCUT2D eigenvalue weighted by atomic mass is 10.1. The van der Waals surface area contributed by atoms with Gasteiger partial charge in [-0.25, -0.2) is 9.40 Å². The third-order valence-electron chi connectivity index (χ3n) is 4.25. The van der Waals surface area contributed by atoms with Crippen LogP contribution in [0, 0.1) is 18.7 Å². The van der Waals surface area contributed by atoms with Crippen LogP contribution in [0.5, 0.6) is 0 Å². The van der Waals surface area contributed by atoms with Gasteiger partial charge in [0.25, 0.3) is 0 Å². The minimum Gasteiger partial charge on any atom is -0.379 e. The van der Waals surface area contributed by atoms with Crippen molar-refractivity contribution in [3.63, 3.8) is 0 Å². The molecule has 0 spiro atoms. The number of amides is 2. The molecule has 0 radical (unpaired) electrons. The lowest BCUT2D eigenvalue weighted by Gasteiger charge is -2.27. The van der Waals surface area contributed by atoms with Crippen LogP contribution in [0.15, 0.2) is 18.2 Å². The summed E-state index contributed by atoms with van der Waals surface area (Å²) in [6.07, 6.45) is 0.464. The predicted octanol–water partition coefficient (Wildman–Crippen LogP) is 0.850. The molecular weight excluding hydrogens is 301 g/mol. The lowest BCUT2D eigenvalue weighted by Crippen LogP contribution is -2.51. The molecule has 2 saturated heterocycles. The summed E-state index contributed by atoms with van der Waals surface area (Å²) in [6.45, 7) is 4.49. The standard InChI is InChI=1S/C16H20FN3O3/c1-11-10-12(2-3-14(11)17)20-5-4-13(16(20)22)15(21)18-19-6-8-23-9-7-19/h2-3,10,13H,4-9H2,1H3,(H,18,21). The summed E-state index contributed by atoms with van der Waals surface area (Å²) >= 11 is 0. The van der Waals surface area contributed by atoms with Crippen LogP contribution in [-0.2, 0) is 14.3 Å². The molecule has 1 aromatic carbocycles. The van der Waals surface area contributed by atoms with Crippen LogP contribution in [0.4, 0.5) is 10.1 Å². The molecule has 3 rings (SSSR count).